The molecule has 6 heteroatoms. The first-order valence-corrected chi connectivity index (χ1v) is 9.00. The number of ketones is 1. The third kappa shape index (κ3) is 4.83. The zero-order valence-electron chi connectivity index (χ0n) is 14.8. The van der Waals surface area contributed by atoms with Gasteiger partial charge in [0.2, 0.25) is 5.06 Å². The van der Waals surface area contributed by atoms with Crippen LogP contribution in [-0.2, 0) is 0 Å². The van der Waals surface area contributed by atoms with Crippen molar-refractivity contribution in [1.82, 2.24) is 4.98 Å². The lowest BCUT2D eigenvalue weighted by Crippen LogP contribution is -2.05. The van der Waals surface area contributed by atoms with Gasteiger partial charge in [-0.15, -0.1) is 0 Å². The molecule has 0 unspecified atom stereocenters. The number of carbonyl (C=O) groups is 1. The Kier molecular flexibility index (Phi) is 5.53. The van der Waals surface area contributed by atoms with Gasteiger partial charge in [0.15, 0.2) is 5.78 Å². The summed E-state index contributed by atoms with van der Waals surface area (Å²) in [6.07, 6.45) is 1.74. The van der Waals surface area contributed by atoms with Gasteiger partial charge in [-0.05, 0) is 80.6 Å². The lowest BCUT2D eigenvalue weighted by atomic mass is 10.1. The Labute approximate surface area is 156 Å². The molecule has 0 amide bonds. The van der Waals surface area contributed by atoms with Gasteiger partial charge < -0.3 is 14.2 Å². The fourth-order valence-electron chi connectivity index (χ4n) is 2.17. The molecule has 134 valence electrons. The summed E-state index contributed by atoms with van der Waals surface area (Å²) in [6, 6.07) is 14.4. The monoisotopic (exact) mass is 369 g/mol. The summed E-state index contributed by atoms with van der Waals surface area (Å²) < 4.78 is 17.1. The predicted molar refractivity (Wildman–Crippen MR) is 101 cm³/mol. The van der Waals surface area contributed by atoms with Crippen molar-refractivity contribution in [1.29, 1.82) is 0 Å². The van der Waals surface area contributed by atoms with Gasteiger partial charge in [-0.25, -0.2) is 4.98 Å². The van der Waals surface area contributed by atoms with E-state index < -0.39 is 0 Å². The number of aromatic nitrogens is 1. The van der Waals surface area contributed by atoms with E-state index in [1.165, 1.54) is 18.3 Å². The van der Waals surface area contributed by atoms with Gasteiger partial charge in [-0.3, -0.25) is 4.79 Å². The van der Waals surface area contributed by atoms with Crippen molar-refractivity contribution in [2.24, 2.45) is 0 Å². The van der Waals surface area contributed by atoms with Crippen molar-refractivity contribution >= 4 is 17.1 Å². The second-order valence-corrected chi connectivity index (χ2v) is 6.82. The molecule has 0 bridgehead atoms. The van der Waals surface area contributed by atoms with E-state index in [1.807, 2.05) is 38.1 Å². The average Bonchev–Trinajstić information content (AvgIpc) is 3.03. The third-order valence-corrected chi connectivity index (χ3v) is 4.10. The number of nitrogens with zero attached hydrogens (tertiary/aromatic N) is 1. The van der Waals surface area contributed by atoms with E-state index in [0.717, 1.165) is 5.75 Å². The molecule has 3 rings (SSSR count). The number of ether oxygens (including phenoxy) is 3. The van der Waals surface area contributed by atoms with Crippen molar-refractivity contribution in [3.05, 3.63) is 60.3 Å². The zero-order valence-corrected chi connectivity index (χ0v) is 15.6. The third-order valence-electron chi connectivity index (χ3n) is 3.34. The molecule has 0 aliphatic carbocycles. The van der Waals surface area contributed by atoms with E-state index >= 15 is 0 Å². The van der Waals surface area contributed by atoms with Crippen LogP contribution in [0.1, 0.15) is 31.1 Å². The number of rotatable bonds is 7. The van der Waals surface area contributed by atoms with Gasteiger partial charge in [0.05, 0.1) is 12.3 Å². The van der Waals surface area contributed by atoms with E-state index in [2.05, 4.69) is 4.98 Å². The number of Topliss-reactive ketones (excluding diaryl/α,β-unsaturated/α-hetero) is 1. The van der Waals surface area contributed by atoms with Crippen LogP contribution in [0.25, 0.3) is 0 Å². The maximum Gasteiger partial charge on any atom is 0.282 e. The molecule has 1 heterocycles. The molecular weight excluding hydrogens is 350 g/mol. The molecule has 0 N–H and O–H groups in total. The summed E-state index contributed by atoms with van der Waals surface area (Å²) in [5.41, 5.74) is 0.649. The topological polar surface area (TPSA) is 57.7 Å². The molecule has 0 saturated carbocycles. The average molecular weight is 369 g/mol. The summed E-state index contributed by atoms with van der Waals surface area (Å²) in [5, 5.41) is 1.09. The quantitative estimate of drug-likeness (QED) is 0.499. The summed E-state index contributed by atoms with van der Waals surface area (Å²) in [6.45, 7) is 5.49. The SMILES string of the molecule is CC(=O)c1ccc(Oc2cnc(Oc3ccc(OC(C)C)cc3)s2)cc1. The normalized spacial score (nSPS) is 10.6. The van der Waals surface area contributed by atoms with Crippen molar-refractivity contribution in [3.63, 3.8) is 0 Å². The van der Waals surface area contributed by atoms with Gasteiger partial charge in [0, 0.05) is 5.56 Å². The van der Waals surface area contributed by atoms with Gasteiger partial charge in [-0.1, -0.05) is 0 Å². The van der Waals surface area contributed by atoms with Crippen molar-refractivity contribution in [3.8, 4) is 27.5 Å². The smallest absolute Gasteiger partial charge is 0.282 e. The second kappa shape index (κ2) is 8.01. The molecule has 26 heavy (non-hydrogen) atoms. The Hall–Kier alpha value is -2.86. The van der Waals surface area contributed by atoms with Crippen molar-refractivity contribution < 1.29 is 19.0 Å². The van der Waals surface area contributed by atoms with Crippen molar-refractivity contribution in [2.45, 2.75) is 26.9 Å². The molecular formula is C20H19NO4S. The van der Waals surface area contributed by atoms with Crippen LogP contribution in [0.4, 0.5) is 0 Å². The number of thiazole rings is 1. The summed E-state index contributed by atoms with van der Waals surface area (Å²) >= 11 is 1.29. The molecule has 3 aromatic rings. The Balaban J connectivity index is 1.61. The summed E-state index contributed by atoms with van der Waals surface area (Å²) in [5.74, 6) is 2.13. The summed E-state index contributed by atoms with van der Waals surface area (Å²) in [7, 11) is 0. The van der Waals surface area contributed by atoms with Gasteiger partial charge in [-0.2, -0.15) is 0 Å². The van der Waals surface area contributed by atoms with Crippen molar-refractivity contribution in [2.75, 3.05) is 0 Å². The highest BCUT2D eigenvalue weighted by Gasteiger charge is 2.08. The highest BCUT2D eigenvalue weighted by Crippen LogP contribution is 2.34. The molecule has 2 aromatic carbocycles. The number of hydrogen-bond donors (Lipinski definition) is 0. The minimum absolute atomic E-state index is 0.0230. The molecule has 0 fully saturated rings. The first-order chi connectivity index (χ1) is 12.5. The van der Waals surface area contributed by atoms with E-state index in [1.54, 1.807) is 30.5 Å². The van der Waals surface area contributed by atoms with E-state index in [4.69, 9.17) is 14.2 Å². The van der Waals surface area contributed by atoms with E-state index in [-0.39, 0.29) is 11.9 Å². The van der Waals surface area contributed by atoms with Crippen LogP contribution in [0.15, 0.2) is 54.7 Å². The zero-order chi connectivity index (χ0) is 18.5. The molecule has 1 aromatic heterocycles. The molecule has 0 spiro atoms. The Morgan fingerprint density at radius 2 is 1.50 bits per heavy atom. The van der Waals surface area contributed by atoms with Crippen LogP contribution in [0.2, 0.25) is 0 Å². The molecule has 0 aliphatic heterocycles. The number of carbonyl (C=O) groups excluding carboxylic acids is 1. The predicted octanol–water partition coefficient (Wildman–Crippen LogP) is 5.72. The minimum atomic E-state index is 0.0230. The maximum absolute atomic E-state index is 11.3. The molecule has 5 nitrogen and oxygen atoms in total. The van der Waals surface area contributed by atoms with E-state index in [0.29, 0.717) is 27.3 Å². The van der Waals surface area contributed by atoms with Crippen LogP contribution >= 0.6 is 11.3 Å². The lowest BCUT2D eigenvalue weighted by molar-refractivity contribution is 0.101. The maximum atomic E-state index is 11.3. The molecule has 0 saturated heterocycles. The first kappa shape index (κ1) is 17.9. The van der Waals surface area contributed by atoms with Gasteiger partial charge >= 0.3 is 0 Å². The standard InChI is InChI=1S/C20H19NO4S/c1-13(2)23-16-8-10-18(11-9-16)25-20-21-12-19(26-20)24-17-6-4-15(5-7-17)14(3)22/h4-13H,1-3H3. The van der Waals surface area contributed by atoms with Crippen LogP contribution in [0.3, 0.4) is 0 Å². The van der Waals surface area contributed by atoms with Crippen LogP contribution in [0, 0.1) is 0 Å². The fourth-order valence-corrected chi connectivity index (χ4v) is 2.83. The second-order valence-electron chi connectivity index (χ2n) is 5.87. The highest BCUT2D eigenvalue weighted by atomic mass is 32.1. The fraction of sp³-hybridized carbons (Fsp3) is 0.200. The Bertz CT molecular complexity index is 870. The Morgan fingerprint density at radius 3 is 2.12 bits per heavy atom. The number of hydrogen-bond acceptors (Lipinski definition) is 6. The van der Waals surface area contributed by atoms with Gasteiger partial charge in [0.25, 0.3) is 5.19 Å². The number of benzene rings is 2. The minimum Gasteiger partial charge on any atom is -0.491 e. The van der Waals surface area contributed by atoms with Crippen LogP contribution in [-0.4, -0.2) is 16.9 Å². The lowest BCUT2D eigenvalue weighted by Gasteiger charge is -2.09. The molecule has 0 atom stereocenters. The first-order valence-electron chi connectivity index (χ1n) is 8.19. The molecule has 0 radical (unpaired) electrons. The van der Waals surface area contributed by atoms with Crippen LogP contribution < -0.4 is 14.2 Å². The molecule has 0 aliphatic rings. The van der Waals surface area contributed by atoms with Crippen LogP contribution in [0.5, 0.6) is 27.5 Å². The largest absolute Gasteiger partial charge is 0.491 e. The van der Waals surface area contributed by atoms with Gasteiger partial charge in [0.1, 0.15) is 17.2 Å². The summed E-state index contributed by atoms with van der Waals surface area (Å²) in [4.78, 5) is 15.5. The Morgan fingerprint density at radius 1 is 0.923 bits per heavy atom. The van der Waals surface area contributed by atoms with E-state index in [9.17, 15) is 4.79 Å². The highest BCUT2D eigenvalue weighted by molar-refractivity contribution is 7.15.